The van der Waals surface area contributed by atoms with Gasteiger partial charge < -0.3 is 5.32 Å². The zero-order valence-electron chi connectivity index (χ0n) is 9.87. The van der Waals surface area contributed by atoms with Crippen molar-refractivity contribution in [2.45, 2.75) is 12.8 Å². The van der Waals surface area contributed by atoms with E-state index >= 15 is 0 Å². The van der Waals surface area contributed by atoms with E-state index in [9.17, 15) is 0 Å². The minimum absolute atomic E-state index is 0.887. The molecule has 2 N–H and O–H groups in total. The van der Waals surface area contributed by atoms with E-state index in [4.69, 9.17) is 0 Å². The van der Waals surface area contributed by atoms with Gasteiger partial charge in [0.05, 0.1) is 0 Å². The Balaban J connectivity index is 1.58. The molecule has 0 fully saturated rings. The van der Waals surface area contributed by atoms with Crippen molar-refractivity contribution in [2.24, 2.45) is 0 Å². The number of hydrogen-bond donors (Lipinski definition) is 2. The van der Waals surface area contributed by atoms with Crippen LogP contribution in [0.1, 0.15) is 12.2 Å². The first kappa shape index (κ1) is 10.8. The van der Waals surface area contributed by atoms with Crippen LogP contribution < -0.4 is 5.32 Å². The molecule has 0 saturated heterocycles. The molecule has 0 atom stereocenters. The molecule has 18 heavy (non-hydrogen) atoms. The number of aromatic amines is 1. The highest BCUT2D eigenvalue weighted by molar-refractivity contribution is 5.49. The van der Waals surface area contributed by atoms with E-state index < -0.39 is 0 Å². The molecule has 92 valence electrons. The van der Waals surface area contributed by atoms with Crippen LogP contribution in [-0.2, 0) is 6.42 Å². The summed E-state index contributed by atoms with van der Waals surface area (Å²) in [5.74, 6) is 1.99. The normalized spacial score (nSPS) is 10.9. The number of pyridine rings is 1. The largest absolute Gasteiger partial charge is 0.371 e. The third-order valence-corrected chi connectivity index (χ3v) is 2.79. The average molecular weight is 242 g/mol. The molecule has 3 aromatic rings. The first-order chi connectivity index (χ1) is 8.93. The summed E-state index contributed by atoms with van der Waals surface area (Å²) >= 11 is 0. The number of H-pyrrole nitrogens is 1. The highest BCUT2D eigenvalue weighted by Crippen LogP contribution is 2.10. The van der Waals surface area contributed by atoms with Crippen molar-refractivity contribution in [3.05, 3.63) is 42.7 Å². The molecule has 3 heterocycles. The Kier molecular flexibility index (Phi) is 2.91. The summed E-state index contributed by atoms with van der Waals surface area (Å²) < 4.78 is 2.04. The summed E-state index contributed by atoms with van der Waals surface area (Å²) in [7, 11) is 0. The molecule has 0 aromatic carbocycles. The quantitative estimate of drug-likeness (QED) is 0.665. The van der Waals surface area contributed by atoms with Gasteiger partial charge in [-0.3, -0.25) is 9.50 Å². The molecule has 0 radical (unpaired) electrons. The topological polar surface area (TPSA) is 70.9 Å². The van der Waals surface area contributed by atoms with E-state index in [0.717, 1.165) is 36.7 Å². The second kappa shape index (κ2) is 4.87. The monoisotopic (exact) mass is 242 g/mol. The minimum Gasteiger partial charge on any atom is -0.371 e. The van der Waals surface area contributed by atoms with Gasteiger partial charge in [-0.05, 0) is 18.6 Å². The number of anilines is 1. The van der Waals surface area contributed by atoms with Crippen LogP contribution in [0.4, 0.5) is 5.82 Å². The van der Waals surface area contributed by atoms with Crippen LogP contribution in [0, 0.1) is 0 Å². The van der Waals surface area contributed by atoms with Gasteiger partial charge in [-0.2, -0.15) is 5.10 Å². The van der Waals surface area contributed by atoms with Gasteiger partial charge in [0.15, 0.2) is 0 Å². The lowest BCUT2D eigenvalue weighted by atomic mass is 10.3. The number of nitrogens with one attached hydrogen (secondary N) is 2. The lowest BCUT2D eigenvalue weighted by molar-refractivity contribution is 0.802. The summed E-state index contributed by atoms with van der Waals surface area (Å²) in [4.78, 5) is 8.34. The zero-order valence-corrected chi connectivity index (χ0v) is 9.87. The number of rotatable bonds is 5. The number of fused-ring (bicyclic) bond motifs is 1. The number of nitrogens with zero attached hydrogens (tertiary/aromatic N) is 4. The highest BCUT2D eigenvalue weighted by Gasteiger charge is 2.00. The predicted molar refractivity (Wildman–Crippen MR) is 68.4 cm³/mol. The van der Waals surface area contributed by atoms with E-state index in [2.05, 4.69) is 25.5 Å². The Hall–Kier alpha value is -2.37. The fourth-order valence-electron chi connectivity index (χ4n) is 1.92. The van der Waals surface area contributed by atoms with Crippen molar-refractivity contribution >= 4 is 11.5 Å². The highest BCUT2D eigenvalue weighted by atomic mass is 15.2. The number of imidazole rings is 1. The van der Waals surface area contributed by atoms with Crippen molar-refractivity contribution in [3.8, 4) is 0 Å². The lowest BCUT2D eigenvalue weighted by Crippen LogP contribution is -2.06. The maximum atomic E-state index is 4.25. The SMILES string of the molecule is c1cc(NCCCc2ncn[nH]2)n2ccnc2c1. The molecular formula is C12H14N6. The molecule has 0 bridgehead atoms. The Labute approximate surface area is 104 Å². The van der Waals surface area contributed by atoms with Crippen LogP contribution in [0.2, 0.25) is 0 Å². The van der Waals surface area contributed by atoms with Crippen LogP contribution in [-0.4, -0.2) is 31.1 Å². The third kappa shape index (κ3) is 2.17. The van der Waals surface area contributed by atoms with Gasteiger partial charge in [0, 0.05) is 25.4 Å². The number of hydrogen-bond acceptors (Lipinski definition) is 4. The molecule has 0 aliphatic heterocycles. The lowest BCUT2D eigenvalue weighted by Gasteiger charge is -2.08. The van der Waals surface area contributed by atoms with Crippen LogP contribution >= 0.6 is 0 Å². The first-order valence-corrected chi connectivity index (χ1v) is 5.94. The van der Waals surface area contributed by atoms with Gasteiger partial charge >= 0.3 is 0 Å². The molecule has 3 rings (SSSR count). The third-order valence-electron chi connectivity index (χ3n) is 2.79. The molecule has 0 spiro atoms. The second-order valence-corrected chi connectivity index (χ2v) is 4.03. The van der Waals surface area contributed by atoms with Gasteiger partial charge in [0.2, 0.25) is 0 Å². The number of aryl methyl sites for hydroxylation is 1. The van der Waals surface area contributed by atoms with Gasteiger partial charge in [0.25, 0.3) is 0 Å². The van der Waals surface area contributed by atoms with Crippen molar-refractivity contribution in [1.82, 2.24) is 24.6 Å². The van der Waals surface area contributed by atoms with Gasteiger partial charge in [-0.25, -0.2) is 9.97 Å². The van der Waals surface area contributed by atoms with Crippen molar-refractivity contribution in [1.29, 1.82) is 0 Å². The molecule has 0 unspecified atom stereocenters. The van der Waals surface area contributed by atoms with Crippen molar-refractivity contribution < 1.29 is 0 Å². The Morgan fingerprint density at radius 1 is 1.28 bits per heavy atom. The van der Waals surface area contributed by atoms with E-state index in [0.29, 0.717) is 0 Å². The first-order valence-electron chi connectivity index (χ1n) is 5.94. The molecule has 0 aliphatic rings. The Bertz CT molecular complexity index is 612. The van der Waals surface area contributed by atoms with E-state index in [1.807, 2.05) is 28.8 Å². The van der Waals surface area contributed by atoms with E-state index in [1.54, 1.807) is 6.20 Å². The molecule has 0 amide bonds. The van der Waals surface area contributed by atoms with Gasteiger partial charge in [-0.15, -0.1) is 0 Å². The Morgan fingerprint density at radius 3 is 3.17 bits per heavy atom. The number of aromatic nitrogens is 5. The van der Waals surface area contributed by atoms with Gasteiger partial charge in [0.1, 0.15) is 23.6 Å². The van der Waals surface area contributed by atoms with Crippen LogP contribution in [0.25, 0.3) is 5.65 Å². The average Bonchev–Trinajstić information content (AvgIpc) is 3.05. The molecule has 6 nitrogen and oxygen atoms in total. The molecule has 3 aromatic heterocycles. The van der Waals surface area contributed by atoms with E-state index in [-0.39, 0.29) is 0 Å². The van der Waals surface area contributed by atoms with Crippen molar-refractivity contribution in [2.75, 3.05) is 11.9 Å². The van der Waals surface area contributed by atoms with Crippen LogP contribution in [0.3, 0.4) is 0 Å². The fraction of sp³-hybridized carbons (Fsp3) is 0.250. The van der Waals surface area contributed by atoms with Crippen molar-refractivity contribution in [3.63, 3.8) is 0 Å². The van der Waals surface area contributed by atoms with E-state index in [1.165, 1.54) is 6.33 Å². The van der Waals surface area contributed by atoms with Gasteiger partial charge in [-0.1, -0.05) is 6.07 Å². The molecule has 6 heteroatoms. The summed E-state index contributed by atoms with van der Waals surface area (Å²) in [5.41, 5.74) is 0.954. The minimum atomic E-state index is 0.887. The second-order valence-electron chi connectivity index (χ2n) is 4.03. The fourth-order valence-corrected chi connectivity index (χ4v) is 1.92. The van der Waals surface area contributed by atoms with Crippen LogP contribution in [0.5, 0.6) is 0 Å². The predicted octanol–water partition coefficient (Wildman–Crippen LogP) is 1.50. The zero-order chi connectivity index (χ0) is 12.2. The molecule has 0 aliphatic carbocycles. The van der Waals surface area contributed by atoms with Crippen LogP contribution in [0.15, 0.2) is 36.9 Å². The smallest absolute Gasteiger partial charge is 0.138 e. The summed E-state index contributed by atoms with van der Waals surface area (Å²) in [6.07, 6.45) is 7.19. The Morgan fingerprint density at radius 2 is 2.28 bits per heavy atom. The maximum Gasteiger partial charge on any atom is 0.138 e. The maximum absolute atomic E-state index is 4.25. The molecular weight excluding hydrogens is 228 g/mol. The summed E-state index contributed by atoms with van der Waals surface area (Å²) in [5, 5.41) is 10.1. The standard InChI is InChI=1S/C12H14N6/c1-4-11(18-8-7-14-12(18)5-1)13-6-2-3-10-15-9-16-17-10/h1,4-5,7-9,13H,2-3,6H2,(H,15,16,17). The summed E-state index contributed by atoms with van der Waals surface area (Å²) in [6.45, 7) is 0.887. The summed E-state index contributed by atoms with van der Waals surface area (Å²) in [6, 6.07) is 6.03. The molecule has 0 saturated carbocycles.